The molecular formula is C19H25ClN2O2. The highest BCUT2D eigenvalue weighted by Crippen LogP contribution is 2.29. The molecular weight excluding hydrogens is 324 g/mol. The summed E-state index contributed by atoms with van der Waals surface area (Å²) in [5.41, 5.74) is 6.94. The van der Waals surface area contributed by atoms with Crippen molar-refractivity contribution >= 4 is 18.3 Å². The van der Waals surface area contributed by atoms with Gasteiger partial charge in [-0.2, -0.15) is 0 Å². The van der Waals surface area contributed by atoms with E-state index in [0.717, 1.165) is 36.6 Å². The van der Waals surface area contributed by atoms with Gasteiger partial charge in [-0.1, -0.05) is 37.3 Å². The van der Waals surface area contributed by atoms with Crippen LogP contribution in [-0.2, 0) is 11.2 Å². The van der Waals surface area contributed by atoms with Crippen molar-refractivity contribution < 1.29 is 9.21 Å². The van der Waals surface area contributed by atoms with Crippen LogP contribution < -0.4 is 5.73 Å². The molecule has 1 atom stereocenters. The molecule has 1 aromatic carbocycles. The van der Waals surface area contributed by atoms with Gasteiger partial charge >= 0.3 is 0 Å². The Balaban J connectivity index is 0.00000208. The summed E-state index contributed by atoms with van der Waals surface area (Å²) in [6, 6.07) is 13.9. The van der Waals surface area contributed by atoms with Crippen LogP contribution in [0.1, 0.15) is 25.5 Å². The lowest BCUT2D eigenvalue weighted by atomic mass is 9.90. The molecule has 24 heavy (non-hydrogen) atoms. The monoisotopic (exact) mass is 348 g/mol. The molecule has 0 spiro atoms. The second-order valence-corrected chi connectivity index (χ2v) is 6.71. The smallest absolute Gasteiger partial charge is 0.223 e. The fraction of sp³-hybridized carbons (Fsp3) is 0.421. The average Bonchev–Trinajstić information content (AvgIpc) is 3.21. The molecule has 3 rings (SSSR count). The molecule has 2 heterocycles. The zero-order chi connectivity index (χ0) is 16.3. The lowest BCUT2D eigenvalue weighted by Crippen LogP contribution is -2.34. The Morgan fingerprint density at radius 2 is 2.00 bits per heavy atom. The Labute approximate surface area is 149 Å². The number of hydrogen-bond donors (Lipinski definition) is 1. The highest BCUT2D eigenvalue weighted by molar-refractivity contribution is 5.85. The number of carbonyl (C=O) groups is 1. The Morgan fingerprint density at radius 3 is 2.67 bits per heavy atom. The van der Waals surface area contributed by atoms with E-state index in [1.807, 2.05) is 47.4 Å². The Hall–Kier alpha value is -1.78. The summed E-state index contributed by atoms with van der Waals surface area (Å²) < 4.78 is 5.85. The Bertz CT molecular complexity index is 671. The van der Waals surface area contributed by atoms with Crippen molar-refractivity contribution in [1.29, 1.82) is 0 Å². The van der Waals surface area contributed by atoms with Crippen LogP contribution in [0.5, 0.6) is 0 Å². The first-order chi connectivity index (χ1) is 11.1. The van der Waals surface area contributed by atoms with Gasteiger partial charge in [-0.3, -0.25) is 4.79 Å². The number of likely N-dealkylation sites (tertiary alicyclic amines) is 1. The molecule has 1 unspecified atom stereocenters. The van der Waals surface area contributed by atoms with Gasteiger partial charge in [0.2, 0.25) is 5.91 Å². The normalized spacial score (nSPS) is 20.0. The fourth-order valence-corrected chi connectivity index (χ4v) is 3.06. The van der Waals surface area contributed by atoms with Gasteiger partial charge in [-0.15, -0.1) is 12.4 Å². The second-order valence-electron chi connectivity index (χ2n) is 6.71. The molecule has 0 aliphatic carbocycles. The summed E-state index contributed by atoms with van der Waals surface area (Å²) in [7, 11) is 0. The van der Waals surface area contributed by atoms with E-state index in [1.54, 1.807) is 0 Å². The van der Waals surface area contributed by atoms with Crippen molar-refractivity contribution in [2.75, 3.05) is 19.6 Å². The summed E-state index contributed by atoms with van der Waals surface area (Å²) in [4.78, 5) is 14.3. The lowest BCUT2D eigenvalue weighted by Gasteiger charge is -2.22. The fourth-order valence-electron chi connectivity index (χ4n) is 3.06. The van der Waals surface area contributed by atoms with Gasteiger partial charge in [0.05, 0.1) is 0 Å². The van der Waals surface area contributed by atoms with Crippen LogP contribution in [-0.4, -0.2) is 30.4 Å². The zero-order valence-electron chi connectivity index (χ0n) is 14.0. The van der Waals surface area contributed by atoms with Gasteiger partial charge in [0.1, 0.15) is 11.5 Å². The van der Waals surface area contributed by atoms with E-state index in [1.165, 1.54) is 0 Å². The number of furan rings is 1. The highest BCUT2D eigenvalue weighted by Gasteiger charge is 2.34. The van der Waals surface area contributed by atoms with Crippen LogP contribution in [0.15, 0.2) is 46.9 Å². The van der Waals surface area contributed by atoms with Crippen LogP contribution in [0.2, 0.25) is 0 Å². The average molecular weight is 349 g/mol. The van der Waals surface area contributed by atoms with Gasteiger partial charge in [0.15, 0.2) is 0 Å². The molecule has 0 radical (unpaired) electrons. The SMILES string of the molecule is CC1(CN)CCN(C(=O)CCc2ccc(-c3ccccc3)o2)C1.Cl. The number of hydrogen-bond acceptors (Lipinski definition) is 3. The van der Waals surface area contributed by atoms with Gasteiger partial charge in [-0.05, 0) is 30.5 Å². The standard InChI is InChI=1S/C19H24N2O2.ClH/c1-19(13-20)11-12-21(14-19)18(22)10-8-16-7-9-17(23-16)15-5-3-2-4-6-15;/h2-7,9H,8,10-14,20H2,1H3;1H. The first-order valence-corrected chi connectivity index (χ1v) is 8.22. The first-order valence-electron chi connectivity index (χ1n) is 8.22. The van der Waals surface area contributed by atoms with Crippen molar-refractivity contribution in [2.45, 2.75) is 26.2 Å². The summed E-state index contributed by atoms with van der Waals surface area (Å²) in [6.45, 7) is 4.38. The molecule has 1 aromatic heterocycles. The summed E-state index contributed by atoms with van der Waals surface area (Å²) in [5.74, 6) is 1.91. The molecule has 2 N–H and O–H groups in total. The number of aryl methyl sites for hydroxylation is 1. The van der Waals surface area contributed by atoms with Crippen LogP contribution >= 0.6 is 12.4 Å². The molecule has 4 nitrogen and oxygen atoms in total. The molecule has 1 saturated heterocycles. The third-order valence-corrected chi connectivity index (χ3v) is 4.71. The number of nitrogens with two attached hydrogens (primary N) is 1. The van der Waals surface area contributed by atoms with Crippen molar-refractivity contribution in [3.05, 3.63) is 48.2 Å². The number of carbonyl (C=O) groups excluding carboxylic acids is 1. The summed E-state index contributed by atoms with van der Waals surface area (Å²) in [5, 5.41) is 0. The number of rotatable bonds is 5. The molecule has 1 aliphatic heterocycles. The topological polar surface area (TPSA) is 59.5 Å². The van der Waals surface area contributed by atoms with Crippen LogP contribution in [0.25, 0.3) is 11.3 Å². The quantitative estimate of drug-likeness (QED) is 0.899. The van der Waals surface area contributed by atoms with E-state index in [9.17, 15) is 4.79 Å². The minimum Gasteiger partial charge on any atom is -0.461 e. The van der Waals surface area contributed by atoms with Crippen LogP contribution in [0, 0.1) is 5.41 Å². The van der Waals surface area contributed by atoms with Gasteiger partial charge in [0, 0.05) is 31.5 Å². The number of benzene rings is 1. The van der Waals surface area contributed by atoms with Gasteiger partial charge < -0.3 is 15.1 Å². The third-order valence-electron chi connectivity index (χ3n) is 4.71. The Kier molecular flexibility index (Phi) is 6.08. The summed E-state index contributed by atoms with van der Waals surface area (Å²) >= 11 is 0. The van der Waals surface area contributed by atoms with Crippen molar-refractivity contribution in [2.24, 2.45) is 11.1 Å². The minimum atomic E-state index is 0. The van der Waals surface area contributed by atoms with E-state index in [2.05, 4.69) is 6.92 Å². The zero-order valence-corrected chi connectivity index (χ0v) is 14.8. The molecule has 5 heteroatoms. The maximum Gasteiger partial charge on any atom is 0.223 e. The molecule has 0 saturated carbocycles. The lowest BCUT2D eigenvalue weighted by molar-refractivity contribution is -0.130. The molecule has 1 aliphatic rings. The molecule has 0 bridgehead atoms. The molecule has 1 fully saturated rings. The first kappa shape index (κ1) is 18.6. The highest BCUT2D eigenvalue weighted by atomic mass is 35.5. The van der Waals surface area contributed by atoms with Crippen molar-refractivity contribution in [3.63, 3.8) is 0 Å². The number of halogens is 1. The van der Waals surface area contributed by atoms with Crippen molar-refractivity contribution in [3.8, 4) is 11.3 Å². The maximum atomic E-state index is 12.3. The van der Waals surface area contributed by atoms with E-state index < -0.39 is 0 Å². The second kappa shape index (κ2) is 7.86. The van der Waals surface area contributed by atoms with Gasteiger partial charge in [-0.25, -0.2) is 0 Å². The largest absolute Gasteiger partial charge is 0.461 e. The molecule has 1 amide bonds. The van der Waals surface area contributed by atoms with Crippen LogP contribution in [0.3, 0.4) is 0 Å². The van der Waals surface area contributed by atoms with E-state index >= 15 is 0 Å². The third kappa shape index (κ3) is 4.19. The molecule has 130 valence electrons. The number of nitrogens with zero attached hydrogens (tertiary/aromatic N) is 1. The van der Waals surface area contributed by atoms with Gasteiger partial charge in [0.25, 0.3) is 0 Å². The molecule has 2 aromatic rings. The van der Waals surface area contributed by atoms with E-state index in [-0.39, 0.29) is 23.7 Å². The Morgan fingerprint density at radius 1 is 1.25 bits per heavy atom. The van der Waals surface area contributed by atoms with Crippen LogP contribution in [0.4, 0.5) is 0 Å². The maximum absolute atomic E-state index is 12.3. The summed E-state index contributed by atoms with van der Waals surface area (Å²) in [6.07, 6.45) is 2.12. The minimum absolute atomic E-state index is 0. The number of amides is 1. The predicted octanol–water partition coefficient (Wildman–Crippen LogP) is 3.50. The predicted molar refractivity (Wildman–Crippen MR) is 98.1 cm³/mol. The van der Waals surface area contributed by atoms with Crippen molar-refractivity contribution in [1.82, 2.24) is 4.90 Å². The van der Waals surface area contributed by atoms with E-state index in [4.69, 9.17) is 10.2 Å². The van der Waals surface area contributed by atoms with E-state index in [0.29, 0.717) is 19.4 Å².